The molecule has 0 amide bonds. The molecule has 2 aromatic rings. The second-order valence-electron chi connectivity index (χ2n) is 6.50. The molecule has 1 saturated heterocycles. The molecule has 0 bridgehead atoms. The minimum absolute atomic E-state index is 0.232. The molecule has 2 aromatic carbocycles. The molecule has 0 spiro atoms. The van der Waals surface area contributed by atoms with Gasteiger partial charge in [-0.3, -0.25) is 4.79 Å². The summed E-state index contributed by atoms with van der Waals surface area (Å²) in [5, 5.41) is 11.3. The summed E-state index contributed by atoms with van der Waals surface area (Å²) in [5.41, 5.74) is -0.472. The van der Waals surface area contributed by atoms with Crippen molar-refractivity contribution in [3.05, 3.63) is 71.3 Å². The van der Waals surface area contributed by atoms with Gasteiger partial charge in [-0.15, -0.1) is 0 Å². The zero-order chi connectivity index (χ0) is 18.0. The van der Waals surface area contributed by atoms with Crippen molar-refractivity contribution in [1.82, 2.24) is 4.90 Å². The average Bonchev–Trinajstić information content (AvgIpc) is 2.62. The first-order valence-electron chi connectivity index (χ1n) is 8.44. The molecule has 3 nitrogen and oxygen atoms in total. The van der Waals surface area contributed by atoms with Crippen molar-refractivity contribution in [2.45, 2.75) is 18.9 Å². The summed E-state index contributed by atoms with van der Waals surface area (Å²) in [6.07, 6.45) is 0.379. The molecule has 1 heterocycles. The lowest BCUT2D eigenvalue weighted by Gasteiger charge is -2.44. The van der Waals surface area contributed by atoms with E-state index < -0.39 is 17.3 Å². The Balaban J connectivity index is 1.98. The van der Waals surface area contributed by atoms with E-state index in [0.29, 0.717) is 30.6 Å². The topological polar surface area (TPSA) is 40.5 Å². The number of nitrogens with zero attached hydrogens (tertiary/aromatic N) is 1. The number of Topliss-reactive ketones (excluding diaryl/α,β-unsaturated/α-hetero) is 1. The number of aliphatic hydroxyl groups is 1. The Morgan fingerprint density at radius 2 is 1.68 bits per heavy atom. The molecule has 0 aromatic heterocycles. The van der Waals surface area contributed by atoms with Crippen LogP contribution in [-0.2, 0) is 5.60 Å². The van der Waals surface area contributed by atoms with Crippen molar-refractivity contribution in [3.8, 4) is 0 Å². The summed E-state index contributed by atoms with van der Waals surface area (Å²) >= 11 is 0. The van der Waals surface area contributed by atoms with Crippen LogP contribution in [0.5, 0.6) is 0 Å². The number of piperidine rings is 1. The molecule has 1 aliphatic heterocycles. The van der Waals surface area contributed by atoms with Gasteiger partial charge in [0.2, 0.25) is 0 Å². The predicted molar refractivity (Wildman–Crippen MR) is 91.2 cm³/mol. The van der Waals surface area contributed by atoms with Gasteiger partial charge < -0.3 is 10.0 Å². The SMILES string of the molecule is CCN1CCC(O)(c2ccc(F)cc2)C(C(=O)c2ccc(F)cc2)C1. The van der Waals surface area contributed by atoms with E-state index in [-0.39, 0.29) is 11.6 Å². The maximum absolute atomic E-state index is 13.3. The molecule has 3 rings (SSSR count). The molecule has 25 heavy (non-hydrogen) atoms. The Morgan fingerprint density at radius 3 is 2.24 bits per heavy atom. The van der Waals surface area contributed by atoms with Gasteiger partial charge in [0.1, 0.15) is 17.2 Å². The lowest BCUT2D eigenvalue weighted by Crippen LogP contribution is -2.53. The lowest BCUT2D eigenvalue weighted by molar-refractivity contribution is -0.0632. The fourth-order valence-electron chi connectivity index (χ4n) is 3.49. The summed E-state index contributed by atoms with van der Waals surface area (Å²) in [7, 11) is 0. The van der Waals surface area contributed by atoms with Gasteiger partial charge in [0.15, 0.2) is 5.78 Å². The highest BCUT2D eigenvalue weighted by molar-refractivity contribution is 5.99. The van der Waals surface area contributed by atoms with Gasteiger partial charge in [-0.2, -0.15) is 0 Å². The van der Waals surface area contributed by atoms with Crippen molar-refractivity contribution in [2.75, 3.05) is 19.6 Å². The van der Waals surface area contributed by atoms with E-state index in [0.717, 1.165) is 6.54 Å². The molecule has 0 aliphatic carbocycles. The standard InChI is InChI=1S/C20H21F2NO2/c1-2-23-12-11-20(25,15-5-9-17(22)10-6-15)18(13-23)19(24)14-3-7-16(21)8-4-14/h3-10,18,25H,2,11-13H2,1H3. The Morgan fingerprint density at radius 1 is 1.12 bits per heavy atom. The number of ketones is 1. The quantitative estimate of drug-likeness (QED) is 0.864. The number of hydrogen-bond acceptors (Lipinski definition) is 3. The van der Waals surface area contributed by atoms with Crippen LogP contribution in [-0.4, -0.2) is 35.4 Å². The first-order chi connectivity index (χ1) is 11.9. The maximum atomic E-state index is 13.3. The van der Waals surface area contributed by atoms with E-state index in [1.54, 1.807) is 0 Å². The van der Waals surface area contributed by atoms with Gasteiger partial charge in [-0.05, 0) is 54.9 Å². The first kappa shape index (κ1) is 17.7. The first-order valence-corrected chi connectivity index (χ1v) is 8.44. The lowest BCUT2D eigenvalue weighted by atomic mass is 9.72. The monoisotopic (exact) mass is 345 g/mol. The van der Waals surface area contributed by atoms with Crippen molar-refractivity contribution < 1.29 is 18.7 Å². The molecule has 0 radical (unpaired) electrons. The van der Waals surface area contributed by atoms with E-state index in [1.807, 2.05) is 6.92 Å². The molecule has 5 heteroatoms. The molecular weight excluding hydrogens is 324 g/mol. The van der Waals surface area contributed by atoms with E-state index in [4.69, 9.17) is 0 Å². The average molecular weight is 345 g/mol. The number of carbonyl (C=O) groups is 1. The van der Waals surface area contributed by atoms with Crippen LogP contribution in [0.25, 0.3) is 0 Å². The second kappa shape index (κ2) is 7.02. The Bertz CT molecular complexity index is 745. The molecule has 1 fully saturated rings. The van der Waals surface area contributed by atoms with Crippen LogP contribution in [0.2, 0.25) is 0 Å². The Labute approximate surface area is 145 Å². The number of likely N-dealkylation sites (tertiary alicyclic amines) is 1. The molecule has 1 N–H and O–H groups in total. The fourth-order valence-corrected chi connectivity index (χ4v) is 3.49. The van der Waals surface area contributed by atoms with Gasteiger partial charge in [0.05, 0.1) is 5.92 Å². The van der Waals surface area contributed by atoms with Gasteiger partial charge in [0, 0.05) is 18.7 Å². The molecule has 2 unspecified atom stereocenters. The third-order valence-electron chi connectivity index (χ3n) is 5.06. The molecule has 132 valence electrons. The van der Waals surface area contributed by atoms with Crippen molar-refractivity contribution in [2.24, 2.45) is 5.92 Å². The summed E-state index contributed by atoms with van der Waals surface area (Å²) in [5.74, 6) is -1.73. The van der Waals surface area contributed by atoms with Crippen molar-refractivity contribution >= 4 is 5.78 Å². The zero-order valence-corrected chi connectivity index (χ0v) is 14.1. The number of carbonyl (C=O) groups excluding carboxylic acids is 1. The highest BCUT2D eigenvalue weighted by Crippen LogP contribution is 2.39. The number of halogens is 2. The molecular formula is C20H21F2NO2. The van der Waals surface area contributed by atoms with Crippen LogP contribution in [0, 0.1) is 17.6 Å². The van der Waals surface area contributed by atoms with E-state index in [9.17, 15) is 18.7 Å². The minimum Gasteiger partial charge on any atom is -0.384 e. The third-order valence-corrected chi connectivity index (χ3v) is 5.06. The zero-order valence-electron chi connectivity index (χ0n) is 14.1. The van der Waals surface area contributed by atoms with Crippen LogP contribution in [0.4, 0.5) is 8.78 Å². The van der Waals surface area contributed by atoms with Crippen LogP contribution >= 0.6 is 0 Å². The van der Waals surface area contributed by atoms with E-state index in [1.165, 1.54) is 48.5 Å². The van der Waals surface area contributed by atoms with Crippen molar-refractivity contribution in [3.63, 3.8) is 0 Å². The largest absolute Gasteiger partial charge is 0.384 e. The van der Waals surface area contributed by atoms with Crippen LogP contribution in [0.3, 0.4) is 0 Å². The smallest absolute Gasteiger partial charge is 0.170 e. The summed E-state index contributed by atoms with van der Waals surface area (Å²) in [6, 6.07) is 11.0. The number of hydrogen-bond donors (Lipinski definition) is 1. The third kappa shape index (κ3) is 3.48. The Kier molecular flexibility index (Phi) is 4.97. The summed E-state index contributed by atoms with van der Waals surface area (Å²) < 4.78 is 26.4. The van der Waals surface area contributed by atoms with Gasteiger partial charge >= 0.3 is 0 Å². The maximum Gasteiger partial charge on any atom is 0.170 e. The van der Waals surface area contributed by atoms with Crippen LogP contribution in [0.15, 0.2) is 48.5 Å². The fraction of sp³-hybridized carbons (Fsp3) is 0.350. The minimum atomic E-state index is -1.37. The summed E-state index contributed by atoms with van der Waals surface area (Å²) in [6.45, 7) is 3.83. The van der Waals surface area contributed by atoms with Crippen molar-refractivity contribution in [1.29, 1.82) is 0 Å². The molecule has 2 atom stereocenters. The van der Waals surface area contributed by atoms with Gasteiger partial charge in [0.25, 0.3) is 0 Å². The highest BCUT2D eigenvalue weighted by Gasteiger charge is 2.46. The Hall–Kier alpha value is -2.11. The van der Waals surface area contributed by atoms with Gasteiger partial charge in [-0.1, -0.05) is 19.1 Å². The van der Waals surface area contributed by atoms with Crippen LogP contribution in [0.1, 0.15) is 29.3 Å². The second-order valence-corrected chi connectivity index (χ2v) is 6.50. The van der Waals surface area contributed by atoms with E-state index in [2.05, 4.69) is 4.90 Å². The normalized spacial score (nSPS) is 24.2. The summed E-state index contributed by atoms with van der Waals surface area (Å²) in [4.78, 5) is 15.1. The number of rotatable bonds is 4. The number of benzene rings is 2. The highest BCUT2D eigenvalue weighted by atomic mass is 19.1. The molecule has 0 saturated carbocycles. The predicted octanol–water partition coefficient (Wildman–Crippen LogP) is 3.38. The van der Waals surface area contributed by atoms with E-state index >= 15 is 0 Å². The molecule has 1 aliphatic rings. The van der Waals surface area contributed by atoms with Crippen LogP contribution < -0.4 is 0 Å². The van der Waals surface area contributed by atoms with Gasteiger partial charge in [-0.25, -0.2) is 8.78 Å².